The average molecular weight is 369 g/mol. The van der Waals surface area contributed by atoms with Gasteiger partial charge in [0, 0.05) is 0 Å². The Hall–Kier alpha value is 0.0187. The van der Waals surface area contributed by atoms with Crippen LogP contribution < -0.4 is 0 Å². The Balaban J connectivity index is 3.74. The molecule has 0 N–H and O–H groups in total. The van der Waals surface area contributed by atoms with Gasteiger partial charge in [-0.15, -0.1) is 0 Å². The summed E-state index contributed by atoms with van der Waals surface area (Å²) in [6.07, 6.45) is 18.4. The van der Waals surface area contributed by atoms with E-state index in [1.54, 1.807) is 13.3 Å². The fraction of sp³-hybridized carbons (Fsp3) is 0.667. The van der Waals surface area contributed by atoms with Crippen molar-refractivity contribution >= 4 is 19.8 Å². The van der Waals surface area contributed by atoms with Gasteiger partial charge in [0.05, 0.1) is 0 Å². The minimum atomic E-state index is -1.19. The third-order valence-electron chi connectivity index (χ3n) is 3.81. The molecule has 1 heteroatoms. The number of hydrogen-bond donors (Lipinski definition) is 0. The quantitative estimate of drug-likeness (QED) is 0.181. The summed E-state index contributed by atoms with van der Waals surface area (Å²) >= 11 is -1.19. The van der Waals surface area contributed by atoms with Gasteiger partial charge in [0.2, 0.25) is 0 Å². The van der Waals surface area contributed by atoms with E-state index in [2.05, 4.69) is 38.0 Å². The SMILES string of the molecule is C=CCCC[CH2][SnH]([CH2]CCCC=C)[CH2]CCCC=C. The molecule has 0 aliphatic heterocycles. The normalized spacial score (nSPS) is 10.6. The van der Waals surface area contributed by atoms with E-state index >= 15 is 0 Å². The van der Waals surface area contributed by atoms with Gasteiger partial charge in [-0.25, -0.2) is 0 Å². The van der Waals surface area contributed by atoms with Crippen LogP contribution in [0.4, 0.5) is 0 Å². The van der Waals surface area contributed by atoms with Crippen molar-refractivity contribution in [2.45, 2.75) is 71.1 Å². The molecule has 0 aliphatic carbocycles. The molecular formula is C18H34Sn. The Bertz CT molecular complexity index is 182. The zero-order valence-corrected chi connectivity index (χ0v) is 16.2. The molecule has 0 aromatic heterocycles. The van der Waals surface area contributed by atoms with E-state index in [0.29, 0.717) is 0 Å². The van der Waals surface area contributed by atoms with Crippen molar-refractivity contribution in [2.24, 2.45) is 0 Å². The molecule has 0 fully saturated rings. The second-order valence-corrected chi connectivity index (χ2v) is 15.5. The summed E-state index contributed by atoms with van der Waals surface area (Å²) in [5.74, 6) is 0. The molecule has 0 bridgehead atoms. The number of unbranched alkanes of at least 4 members (excludes halogenated alkanes) is 6. The maximum absolute atomic E-state index is 3.82. The van der Waals surface area contributed by atoms with Gasteiger partial charge in [-0.3, -0.25) is 0 Å². The molecule has 0 heterocycles. The Morgan fingerprint density at radius 1 is 0.526 bits per heavy atom. The molecule has 0 saturated carbocycles. The predicted molar refractivity (Wildman–Crippen MR) is 93.7 cm³/mol. The molecule has 0 radical (unpaired) electrons. The van der Waals surface area contributed by atoms with Crippen LogP contribution in [-0.2, 0) is 0 Å². The van der Waals surface area contributed by atoms with Crippen LogP contribution in [0.1, 0.15) is 57.8 Å². The molecule has 0 atom stereocenters. The van der Waals surface area contributed by atoms with Crippen LogP contribution in [0.3, 0.4) is 0 Å². The first-order chi connectivity index (χ1) is 9.35. The van der Waals surface area contributed by atoms with E-state index in [0.717, 1.165) is 0 Å². The summed E-state index contributed by atoms with van der Waals surface area (Å²) in [6.45, 7) is 11.4. The summed E-state index contributed by atoms with van der Waals surface area (Å²) in [6, 6.07) is 0. The summed E-state index contributed by atoms with van der Waals surface area (Å²) < 4.78 is 4.87. The molecule has 0 rings (SSSR count). The number of rotatable bonds is 15. The van der Waals surface area contributed by atoms with Gasteiger partial charge < -0.3 is 0 Å². The van der Waals surface area contributed by atoms with Gasteiger partial charge in [0.1, 0.15) is 0 Å². The summed E-state index contributed by atoms with van der Waals surface area (Å²) in [7, 11) is 0. The average Bonchev–Trinajstić information content (AvgIpc) is 2.43. The van der Waals surface area contributed by atoms with Crippen LogP contribution in [0, 0.1) is 0 Å². The molecule has 0 saturated heterocycles. The second kappa shape index (κ2) is 16.1. The topological polar surface area (TPSA) is 0 Å². The van der Waals surface area contributed by atoms with Crippen LogP contribution >= 0.6 is 0 Å². The van der Waals surface area contributed by atoms with Gasteiger partial charge in [0.25, 0.3) is 0 Å². The predicted octanol–water partition coefficient (Wildman–Crippen LogP) is 6.28. The second-order valence-electron chi connectivity index (χ2n) is 5.59. The molecule has 0 unspecified atom stereocenters. The van der Waals surface area contributed by atoms with Crippen molar-refractivity contribution < 1.29 is 0 Å². The van der Waals surface area contributed by atoms with Crippen molar-refractivity contribution in [3.8, 4) is 0 Å². The first-order valence-electron chi connectivity index (χ1n) is 8.17. The van der Waals surface area contributed by atoms with Crippen molar-refractivity contribution in [3.05, 3.63) is 38.0 Å². The van der Waals surface area contributed by atoms with Gasteiger partial charge in [-0.1, -0.05) is 0 Å². The van der Waals surface area contributed by atoms with E-state index in [4.69, 9.17) is 0 Å². The molecule has 0 aromatic carbocycles. The maximum atomic E-state index is 3.82. The van der Waals surface area contributed by atoms with Crippen molar-refractivity contribution in [1.29, 1.82) is 0 Å². The van der Waals surface area contributed by atoms with Crippen LogP contribution in [0.5, 0.6) is 0 Å². The Morgan fingerprint density at radius 3 is 1.11 bits per heavy atom. The van der Waals surface area contributed by atoms with Gasteiger partial charge in [-0.05, 0) is 0 Å². The van der Waals surface area contributed by atoms with Gasteiger partial charge in [-0.2, -0.15) is 0 Å². The van der Waals surface area contributed by atoms with Crippen LogP contribution in [0.15, 0.2) is 38.0 Å². The third-order valence-corrected chi connectivity index (χ3v) is 14.3. The van der Waals surface area contributed by atoms with E-state index < -0.39 is 19.8 Å². The summed E-state index contributed by atoms with van der Waals surface area (Å²) in [5.41, 5.74) is 0. The molecule has 0 aliphatic rings. The molecule has 110 valence electrons. The van der Waals surface area contributed by atoms with Crippen LogP contribution in [0.2, 0.25) is 13.3 Å². The standard InChI is InChI=1S/3C6H11.Sn.H/c3*1-3-5-6-4-2;;/h3*3H,1-2,4-6H2;;. The zero-order valence-electron chi connectivity index (χ0n) is 12.9. The van der Waals surface area contributed by atoms with E-state index in [9.17, 15) is 0 Å². The summed E-state index contributed by atoms with van der Waals surface area (Å²) in [5, 5.41) is 0. The van der Waals surface area contributed by atoms with E-state index in [1.165, 1.54) is 57.8 Å². The first-order valence-corrected chi connectivity index (χ1v) is 15.2. The van der Waals surface area contributed by atoms with Crippen molar-refractivity contribution in [1.82, 2.24) is 0 Å². The van der Waals surface area contributed by atoms with Crippen LogP contribution in [-0.4, -0.2) is 19.8 Å². The molecule has 0 spiro atoms. The van der Waals surface area contributed by atoms with Gasteiger partial charge in [0.15, 0.2) is 0 Å². The monoisotopic (exact) mass is 370 g/mol. The minimum absolute atomic E-state index is 1.19. The molecular weight excluding hydrogens is 335 g/mol. The van der Waals surface area contributed by atoms with E-state index in [1.807, 2.05) is 0 Å². The number of hydrogen-bond acceptors (Lipinski definition) is 0. The zero-order chi connectivity index (χ0) is 14.2. The third kappa shape index (κ3) is 14.2. The van der Waals surface area contributed by atoms with Crippen molar-refractivity contribution in [2.75, 3.05) is 0 Å². The Kier molecular flexibility index (Phi) is 16.1. The van der Waals surface area contributed by atoms with Crippen LogP contribution in [0.25, 0.3) is 0 Å². The Labute approximate surface area is 128 Å². The molecule has 19 heavy (non-hydrogen) atoms. The molecule has 0 amide bonds. The first kappa shape index (κ1) is 19.0. The van der Waals surface area contributed by atoms with Gasteiger partial charge >= 0.3 is 129 Å². The molecule has 0 nitrogen and oxygen atoms in total. The van der Waals surface area contributed by atoms with E-state index in [-0.39, 0.29) is 0 Å². The number of allylic oxidation sites excluding steroid dienone is 3. The fourth-order valence-corrected chi connectivity index (χ4v) is 12.5. The van der Waals surface area contributed by atoms with Crippen molar-refractivity contribution in [3.63, 3.8) is 0 Å². The fourth-order valence-electron chi connectivity index (χ4n) is 2.60. The summed E-state index contributed by atoms with van der Waals surface area (Å²) in [4.78, 5) is 0. The molecule has 0 aromatic rings. The Morgan fingerprint density at radius 2 is 0.842 bits per heavy atom.